The minimum absolute atomic E-state index is 0.0366. The van der Waals surface area contributed by atoms with Crippen molar-refractivity contribution in [2.45, 2.75) is 30.9 Å². The van der Waals surface area contributed by atoms with Crippen molar-refractivity contribution < 1.29 is 37.3 Å². The van der Waals surface area contributed by atoms with E-state index in [1.54, 1.807) is 66.4 Å². The van der Waals surface area contributed by atoms with Crippen LogP contribution in [0.15, 0.2) is 71.6 Å². The Labute approximate surface area is 250 Å². The number of benzene rings is 3. The molecule has 2 heterocycles. The molecule has 0 fully saturated rings. The molecule has 13 heteroatoms. The second-order valence-corrected chi connectivity index (χ2v) is 12.6. The summed E-state index contributed by atoms with van der Waals surface area (Å²) in [5, 5.41) is 15.4. The molecule has 12 nitrogen and oxygen atoms in total. The highest BCUT2D eigenvalue weighted by molar-refractivity contribution is 7.89. The number of rotatable bonds is 8. The second-order valence-electron chi connectivity index (χ2n) is 10.6. The average Bonchev–Trinajstić information content (AvgIpc) is 3.47. The van der Waals surface area contributed by atoms with Crippen LogP contribution in [0.1, 0.15) is 24.2 Å². The summed E-state index contributed by atoms with van der Waals surface area (Å²) in [5.74, 6) is 0.442. The number of fused-ring (bicyclic) bond motifs is 2. The van der Waals surface area contributed by atoms with Gasteiger partial charge < -0.3 is 34.9 Å². The highest BCUT2D eigenvalue weighted by Gasteiger charge is 2.36. The van der Waals surface area contributed by atoms with Gasteiger partial charge in [-0.15, -0.1) is 0 Å². The van der Waals surface area contributed by atoms with Gasteiger partial charge in [-0.05, 0) is 43.3 Å². The van der Waals surface area contributed by atoms with Crippen molar-refractivity contribution >= 4 is 33.3 Å². The molecule has 3 aromatic carbocycles. The zero-order valence-electron chi connectivity index (χ0n) is 24.0. The van der Waals surface area contributed by atoms with Crippen LogP contribution in [-0.4, -0.2) is 80.4 Å². The molecule has 0 aromatic heterocycles. The first kappa shape index (κ1) is 30.1. The Morgan fingerprint density at radius 1 is 1.07 bits per heavy atom. The number of hydrogen-bond donors (Lipinski definition) is 3. The van der Waals surface area contributed by atoms with Crippen LogP contribution in [-0.2, 0) is 10.0 Å². The number of aliphatic hydroxyl groups is 1. The van der Waals surface area contributed by atoms with Crippen molar-refractivity contribution in [3.05, 3.63) is 72.3 Å². The topological polar surface area (TPSA) is 147 Å². The molecule has 2 aliphatic heterocycles. The summed E-state index contributed by atoms with van der Waals surface area (Å²) in [7, 11) is -2.37. The SMILES string of the molecule is C[C@H]1CN([C@@H](C)CO)C(=O)c2cccc(NC(=O)Nc3ccc4c(c3)OCO4)c2O[C@@H]1CN(C)S(=O)(=O)c1ccccc1. The summed E-state index contributed by atoms with van der Waals surface area (Å²) in [4.78, 5) is 28.5. The van der Waals surface area contributed by atoms with Gasteiger partial charge in [-0.1, -0.05) is 31.2 Å². The zero-order chi connectivity index (χ0) is 30.7. The summed E-state index contributed by atoms with van der Waals surface area (Å²) in [6.07, 6.45) is -0.719. The third kappa shape index (κ3) is 6.38. The molecule has 0 radical (unpaired) electrons. The molecule has 0 saturated carbocycles. The Morgan fingerprint density at radius 2 is 1.81 bits per heavy atom. The minimum atomic E-state index is -3.84. The van der Waals surface area contributed by atoms with Gasteiger partial charge in [0.05, 0.1) is 35.3 Å². The molecule has 0 saturated heterocycles. The van der Waals surface area contributed by atoms with Gasteiger partial charge in [-0.3, -0.25) is 4.79 Å². The lowest BCUT2D eigenvalue weighted by Crippen LogP contribution is -2.50. The van der Waals surface area contributed by atoms with Crippen molar-refractivity contribution in [2.75, 3.05) is 44.2 Å². The fraction of sp³-hybridized carbons (Fsp3) is 0.333. The van der Waals surface area contributed by atoms with E-state index in [0.29, 0.717) is 17.2 Å². The molecule has 228 valence electrons. The van der Waals surface area contributed by atoms with Crippen LogP contribution in [0.4, 0.5) is 16.2 Å². The van der Waals surface area contributed by atoms with E-state index in [9.17, 15) is 23.1 Å². The van der Waals surface area contributed by atoms with E-state index in [4.69, 9.17) is 14.2 Å². The van der Waals surface area contributed by atoms with Gasteiger partial charge in [-0.2, -0.15) is 4.31 Å². The van der Waals surface area contributed by atoms with Crippen molar-refractivity contribution in [3.8, 4) is 17.2 Å². The van der Waals surface area contributed by atoms with Crippen LogP contribution in [0.2, 0.25) is 0 Å². The number of ether oxygens (including phenoxy) is 3. The predicted molar refractivity (Wildman–Crippen MR) is 159 cm³/mol. The van der Waals surface area contributed by atoms with Crippen molar-refractivity contribution in [1.82, 2.24) is 9.21 Å². The number of amides is 3. The van der Waals surface area contributed by atoms with Gasteiger partial charge in [-0.25, -0.2) is 13.2 Å². The summed E-state index contributed by atoms with van der Waals surface area (Å²) in [6, 6.07) is 16.7. The Bertz CT molecular complexity index is 1600. The summed E-state index contributed by atoms with van der Waals surface area (Å²) in [6.45, 7) is 3.59. The van der Waals surface area contributed by atoms with Crippen LogP contribution >= 0.6 is 0 Å². The fourth-order valence-corrected chi connectivity index (χ4v) is 6.15. The lowest BCUT2D eigenvalue weighted by Gasteiger charge is -2.38. The highest BCUT2D eigenvalue weighted by atomic mass is 32.2. The normalized spacial score (nSPS) is 18.7. The lowest BCUT2D eigenvalue weighted by atomic mass is 9.99. The number of hydrogen-bond acceptors (Lipinski definition) is 8. The van der Waals surface area contributed by atoms with Crippen LogP contribution in [0.3, 0.4) is 0 Å². The van der Waals surface area contributed by atoms with Gasteiger partial charge in [0.2, 0.25) is 16.8 Å². The van der Waals surface area contributed by atoms with Crippen molar-refractivity contribution in [3.63, 3.8) is 0 Å². The third-order valence-electron chi connectivity index (χ3n) is 7.46. The Hall–Kier alpha value is -4.33. The van der Waals surface area contributed by atoms with Crippen LogP contribution in [0.5, 0.6) is 17.2 Å². The zero-order valence-corrected chi connectivity index (χ0v) is 24.8. The summed E-state index contributed by atoms with van der Waals surface area (Å²) in [5.41, 5.74) is 0.847. The van der Waals surface area contributed by atoms with Gasteiger partial charge in [0.15, 0.2) is 17.2 Å². The first-order valence-corrected chi connectivity index (χ1v) is 15.2. The van der Waals surface area contributed by atoms with Crippen molar-refractivity contribution in [2.24, 2.45) is 5.92 Å². The highest BCUT2D eigenvalue weighted by Crippen LogP contribution is 2.36. The number of aliphatic hydroxyl groups excluding tert-OH is 1. The van der Waals surface area contributed by atoms with E-state index >= 15 is 0 Å². The Morgan fingerprint density at radius 3 is 2.56 bits per heavy atom. The number of carbonyl (C=O) groups is 2. The van der Waals surface area contributed by atoms with E-state index in [1.807, 2.05) is 6.92 Å². The van der Waals surface area contributed by atoms with Crippen LogP contribution in [0.25, 0.3) is 0 Å². The molecule has 3 atom stereocenters. The Kier molecular flexibility index (Phi) is 8.76. The second kappa shape index (κ2) is 12.5. The molecule has 43 heavy (non-hydrogen) atoms. The standard InChI is InChI=1S/C30H34N4O8S/c1-19-15-34(20(2)17-35)29(36)23-10-7-11-24(32-30(37)31-21-12-13-25-26(14-21)41-18-40-25)28(23)42-27(19)16-33(3)43(38,39)22-8-5-4-6-9-22/h4-14,19-20,27,35H,15-18H2,1-3H3,(H2,31,32,37)/t19-,20-,27+/m0/s1. The summed E-state index contributed by atoms with van der Waals surface area (Å²) >= 11 is 0. The largest absolute Gasteiger partial charge is 0.486 e. The number of para-hydroxylation sites is 1. The van der Waals surface area contributed by atoms with Crippen molar-refractivity contribution in [1.29, 1.82) is 0 Å². The van der Waals surface area contributed by atoms with E-state index in [1.165, 1.54) is 23.5 Å². The maximum atomic E-state index is 13.7. The fourth-order valence-electron chi connectivity index (χ4n) is 4.94. The van der Waals surface area contributed by atoms with E-state index < -0.39 is 28.2 Å². The molecular weight excluding hydrogens is 576 g/mol. The monoisotopic (exact) mass is 610 g/mol. The van der Waals surface area contributed by atoms with E-state index in [2.05, 4.69) is 10.6 Å². The van der Waals surface area contributed by atoms with Gasteiger partial charge in [0, 0.05) is 31.3 Å². The minimum Gasteiger partial charge on any atom is -0.486 e. The number of carbonyl (C=O) groups excluding carboxylic acids is 2. The molecule has 5 rings (SSSR count). The maximum Gasteiger partial charge on any atom is 0.323 e. The van der Waals surface area contributed by atoms with Crippen LogP contribution < -0.4 is 24.8 Å². The molecule has 3 aromatic rings. The van der Waals surface area contributed by atoms with E-state index in [-0.39, 0.29) is 60.2 Å². The number of urea groups is 1. The van der Waals surface area contributed by atoms with Gasteiger partial charge >= 0.3 is 6.03 Å². The van der Waals surface area contributed by atoms with E-state index in [0.717, 1.165) is 0 Å². The van der Waals surface area contributed by atoms with Gasteiger partial charge in [0.1, 0.15) is 6.10 Å². The smallest absolute Gasteiger partial charge is 0.323 e. The molecule has 0 aliphatic carbocycles. The first-order valence-electron chi connectivity index (χ1n) is 13.8. The maximum absolute atomic E-state index is 13.7. The number of anilines is 2. The molecule has 0 unspecified atom stereocenters. The molecule has 3 amide bonds. The quantitative estimate of drug-likeness (QED) is 0.351. The lowest BCUT2D eigenvalue weighted by molar-refractivity contribution is 0.0389. The number of sulfonamides is 1. The molecule has 2 aliphatic rings. The number of likely N-dealkylation sites (N-methyl/N-ethyl adjacent to an activating group) is 1. The van der Waals surface area contributed by atoms with Crippen LogP contribution in [0, 0.1) is 5.92 Å². The first-order chi connectivity index (χ1) is 20.6. The molecular formula is C30H34N4O8S. The Balaban J connectivity index is 1.45. The third-order valence-corrected chi connectivity index (χ3v) is 9.30. The predicted octanol–water partition coefficient (Wildman–Crippen LogP) is 3.60. The summed E-state index contributed by atoms with van der Waals surface area (Å²) < 4.78 is 45.0. The molecule has 0 bridgehead atoms. The molecule has 0 spiro atoms. The number of nitrogens with one attached hydrogen (secondary N) is 2. The molecule has 3 N–H and O–H groups in total. The number of nitrogens with zero attached hydrogens (tertiary/aromatic N) is 2. The van der Waals surface area contributed by atoms with Gasteiger partial charge in [0.25, 0.3) is 5.91 Å². The average molecular weight is 611 g/mol.